The van der Waals surface area contributed by atoms with Gasteiger partial charge >= 0.3 is 0 Å². The second-order valence-corrected chi connectivity index (χ2v) is 8.77. The van der Waals surface area contributed by atoms with Crippen LogP contribution in [0.4, 0.5) is 11.4 Å². The van der Waals surface area contributed by atoms with Gasteiger partial charge in [0.05, 0.1) is 18.0 Å². The standard InChI is InChI=1S/C25H31ClN4O2/c1-3-32-21-13-12-20(28-25(31)23-17(2)16-27-29-23)22(18-10-6-7-11-19(18)26)24(21)30-14-8-4-5-9-15-30/h6-7,10-13,17,27H,3-5,8-9,14-16H2,1-2H3,(H,28,31). The van der Waals surface area contributed by atoms with Gasteiger partial charge in [-0.25, -0.2) is 0 Å². The van der Waals surface area contributed by atoms with Gasteiger partial charge in [0.2, 0.25) is 0 Å². The largest absolute Gasteiger partial charge is 0.492 e. The lowest BCUT2D eigenvalue weighted by molar-refractivity contribution is -0.110. The zero-order valence-electron chi connectivity index (χ0n) is 18.8. The predicted molar refractivity (Wildman–Crippen MR) is 132 cm³/mol. The molecule has 0 aromatic heterocycles. The SMILES string of the molecule is CCOc1ccc(NC(=O)C2=NNCC2C)c(-c2ccccc2Cl)c1N1CCCCCC1. The van der Waals surface area contributed by atoms with Crippen molar-refractivity contribution >= 4 is 34.6 Å². The minimum Gasteiger partial charge on any atom is -0.492 e. The van der Waals surface area contributed by atoms with Crippen molar-refractivity contribution in [1.82, 2.24) is 5.43 Å². The molecule has 2 N–H and O–H groups in total. The number of benzene rings is 2. The molecule has 0 bridgehead atoms. The Bertz CT molecular complexity index is 999. The summed E-state index contributed by atoms with van der Waals surface area (Å²) < 4.78 is 6.08. The highest BCUT2D eigenvalue weighted by Crippen LogP contribution is 2.46. The number of amides is 1. The van der Waals surface area contributed by atoms with E-state index in [0.29, 0.717) is 29.6 Å². The summed E-state index contributed by atoms with van der Waals surface area (Å²) in [6.45, 7) is 7.11. The fourth-order valence-corrected chi connectivity index (χ4v) is 4.66. The van der Waals surface area contributed by atoms with Gasteiger partial charge in [-0.3, -0.25) is 4.79 Å². The second-order valence-electron chi connectivity index (χ2n) is 8.36. The highest BCUT2D eigenvalue weighted by Gasteiger charge is 2.27. The molecule has 7 heteroatoms. The molecule has 2 aliphatic rings. The van der Waals surface area contributed by atoms with Crippen LogP contribution in [0.2, 0.25) is 5.02 Å². The van der Waals surface area contributed by atoms with E-state index < -0.39 is 0 Å². The average molecular weight is 455 g/mol. The summed E-state index contributed by atoms with van der Waals surface area (Å²) in [6, 6.07) is 11.6. The summed E-state index contributed by atoms with van der Waals surface area (Å²) >= 11 is 6.68. The average Bonchev–Trinajstić information content (AvgIpc) is 3.04. The van der Waals surface area contributed by atoms with Crippen molar-refractivity contribution in [2.75, 3.05) is 36.5 Å². The van der Waals surface area contributed by atoms with E-state index in [-0.39, 0.29) is 11.8 Å². The highest BCUT2D eigenvalue weighted by molar-refractivity contribution is 6.44. The molecule has 1 unspecified atom stereocenters. The first kappa shape index (κ1) is 22.5. The van der Waals surface area contributed by atoms with Gasteiger partial charge in [0.1, 0.15) is 11.5 Å². The summed E-state index contributed by atoms with van der Waals surface area (Å²) in [4.78, 5) is 15.5. The van der Waals surface area contributed by atoms with Gasteiger partial charge in [-0.2, -0.15) is 5.10 Å². The zero-order valence-corrected chi connectivity index (χ0v) is 19.5. The molecule has 0 spiro atoms. The van der Waals surface area contributed by atoms with Crippen LogP contribution in [0.3, 0.4) is 0 Å². The number of hydrazone groups is 1. The lowest BCUT2D eigenvalue weighted by Gasteiger charge is -2.30. The molecule has 170 valence electrons. The number of nitrogens with one attached hydrogen (secondary N) is 2. The van der Waals surface area contributed by atoms with E-state index in [9.17, 15) is 4.79 Å². The minimum absolute atomic E-state index is 0.0616. The first-order chi connectivity index (χ1) is 15.6. The maximum Gasteiger partial charge on any atom is 0.272 e. The fraction of sp³-hybridized carbons (Fsp3) is 0.440. The van der Waals surface area contributed by atoms with E-state index >= 15 is 0 Å². The summed E-state index contributed by atoms with van der Waals surface area (Å²) in [5.41, 5.74) is 6.93. The first-order valence-electron chi connectivity index (χ1n) is 11.5. The van der Waals surface area contributed by atoms with Gasteiger partial charge < -0.3 is 20.4 Å². The number of carbonyl (C=O) groups excluding carboxylic acids is 1. The third kappa shape index (κ3) is 4.70. The van der Waals surface area contributed by atoms with Crippen LogP contribution in [0.25, 0.3) is 11.1 Å². The van der Waals surface area contributed by atoms with Crippen LogP contribution in [0.5, 0.6) is 5.75 Å². The van der Waals surface area contributed by atoms with E-state index in [2.05, 4.69) is 20.7 Å². The van der Waals surface area contributed by atoms with Crippen LogP contribution < -0.4 is 20.4 Å². The summed E-state index contributed by atoms with van der Waals surface area (Å²) in [7, 11) is 0. The molecule has 4 rings (SSSR count). The number of carbonyl (C=O) groups is 1. The normalized spacial score (nSPS) is 18.5. The Morgan fingerprint density at radius 2 is 1.94 bits per heavy atom. The third-order valence-electron chi connectivity index (χ3n) is 6.05. The number of nitrogens with zero attached hydrogens (tertiary/aromatic N) is 2. The van der Waals surface area contributed by atoms with Gasteiger partial charge in [-0.1, -0.05) is 49.6 Å². The summed E-state index contributed by atoms with van der Waals surface area (Å²) in [6.07, 6.45) is 4.71. The minimum atomic E-state index is -0.193. The van der Waals surface area contributed by atoms with Crippen LogP contribution in [0.15, 0.2) is 41.5 Å². The van der Waals surface area contributed by atoms with E-state index in [1.54, 1.807) is 0 Å². The van der Waals surface area contributed by atoms with Crippen molar-refractivity contribution in [3.8, 4) is 16.9 Å². The molecule has 6 nitrogen and oxygen atoms in total. The molecule has 2 aromatic rings. The first-order valence-corrected chi connectivity index (χ1v) is 11.9. The maximum atomic E-state index is 13.1. The molecule has 1 atom stereocenters. The Morgan fingerprint density at radius 1 is 1.19 bits per heavy atom. The second kappa shape index (κ2) is 10.3. The Hall–Kier alpha value is -2.73. The lowest BCUT2D eigenvalue weighted by Crippen LogP contribution is -2.28. The number of anilines is 2. The Kier molecular flexibility index (Phi) is 7.20. The maximum absolute atomic E-state index is 13.1. The van der Waals surface area contributed by atoms with Gasteiger partial charge in [0, 0.05) is 41.7 Å². The van der Waals surface area contributed by atoms with E-state index in [0.717, 1.165) is 48.5 Å². The van der Waals surface area contributed by atoms with Crippen LogP contribution in [-0.2, 0) is 4.79 Å². The molecule has 2 aliphatic heterocycles. The summed E-state index contributed by atoms with van der Waals surface area (Å²) in [5, 5.41) is 7.96. The fourth-order valence-electron chi connectivity index (χ4n) is 4.43. The third-order valence-corrected chi connectivity index (χ3v) is 6.38. The Labute approximate surface area is 195 Å². The van der Waals surface area contributed by atoms with Gasteiger partial charge in [0.15, 0.2) is 0 Å². The predicted octanol–water partition coefficient (Wildman–Crippen LogP) is 5.32. The molecule has 0 radical (unpaired) electrons. The van der Waals surface area contributed by atoms with Crippen LogP contribution in [0.1, 0.15) is 39.5 Å². The van der Waals surface area contributed by atoms with Gasteiger partial charge in [-0.15, -0.1) is 0 Å². The van der Waals surface area contributed by atoms with Crippen LogP contribution >= 0.6 is 11.6 Å². The van der Waals surface area contributed by atoms with Crippen LogP contribution in [0, 0.1) is 5.92 Å². The lowest BCUT2D eigenvalue weighted by atomic mass is 9.98. The molecule has 1 saturated heterocycles. The molecule has 1 amide bonds. The van der Waals surface area contributed by atoms with Gasteiger partial charge in [-0.05, 0) is 38.0 Å². The zero-order chi connectivity index (χ0) is 22.5. The van der Waals surface area contributed by atoms with Crippen molar-refractivity contribution in [3.05, 3.63) is 41.4 Å². The Morgan fingerprint density at radius 3 is 2.59 bits per heavy atom. The number of hydrogen-bond acceptors (Lipinski definition) is 5. The van der Waals surface area contributed by atoms with Crippen molar-refractivity contribution < 1.29 is 9.53 Å². The molecular weight excluding hydrogens is 424 g/mol. The van der Waals surface area contributed by atoms with E-state index in [1.807, 2.05) is 50.2 Å². The highest BCUT2D eigenvalue weighted by atomic mass is 35.5. The van der Waals surface area contributed by atoms with Crippen molar-refractivity contribution in [3.63, 3.8) is 0 Å². The summed E-state index contributed by atoms with van der Waals surface area (Å²) in [5.74, 6) is 0.684. The molecule has 1 fully saturated rings. The number of ether oxygens (including phenoxy) is 1. The Balaban J connectivity index is 1.86. The molecule has 0 saturated carbocycles. The molecule has 2 heterocycles. The molecule has 2 aromatic carbocycles. The molecule has 32 heavy (non-hydrogen) atoms. The van der Waals surface area contributed by atoms with Crippen molar-refractivity contribution in [2.24, 2.45) is 11.0 Å². The van der Waals surface area contributed by atoms with Gasteiger partial charge in [0.25, 0.3) is 5.91 Å². The van der Waals surface area contributed by atoms with Crippen molar-refractivity contribution in [2.45, 2.75) is 39.5 Å². The number of hydrogen-bond donors (Lipinski definition) is 2. The monoisotopic (exact) mass is 454 g/mol. The topological polar surface area (TPSA) is 66.0 Å². The van der Waals surface area contributed by atoms with E-state index in [4.69, 9.17) is 16.3 Å². The number of rotatable bonds is 6. The smallest absolute Gasteiger partial charge is 0.272 e. The quantitative estimate of drug-likeness (QED) is 0.619. The van der Waals surface area contributed by atoms with Crippen molar-refractivity contribution in [1.29, 1.82) is 0 Å². The molecule has 0 aliphatic carbocycles. The van der Waals surface area contributed by atoms with E-state index in [1.165, 1.54) is 12.8 Å². The van der Waals surface area contributed by atoms with Crippen LogP contribution in [-0.4, -0.2) is 37.9 Å². The number of halogens is 1. The molecular formula is C25H31ClN4O2.